The highest BCUT2D eigenvalue weighted by Crippen LogP contribution is 2.73. The number of Topliss-reactive ketones (excluding diaryl/α,β-unsaturated/α-hetero) is 1. The minimum Gasteiger partial charge on any atom is -0.445 e. The summed E-state index contributed by atoms with van der Waals surface area (Å²) in [4.78, 5) is 40.7. The van der Waals surface area contributed by atoms with E-state index in [0.717, 1.165) is 50.5 Å². The molecule has 7 atom stereocenters. The van der Waals surface area contributed by atoms with Crippen molar-refractivity contribution in [3.05, 3.63) is 36.0 Å². The summed E-state index contributed by atoms with van der Waals surface area (Å²) in [5.74, 6) is -0.171. The zero-order chi connectivity index (χ0) is 29.5. The highest BCUT2D eigenvalue weighted by molar-refractivity contribution is 6.04. The molecule has 0 spiro atoms. The van der Waals surface area contributed by atoms with Crippen LogP contribution >= 0.6 is 0 Å². The van der Waals surface area contributed by atoms with Crippen molar-refractivity contribution in [1.29, 1.82) is 5.26 Å². The van der Waals surface area contributed by atoms with E-state index in [9.17, 15) is 19.6 Å². The van der Waals surface area contributed by atoms with E-state index in [-0.39, 0.29) is 57.7 Å². The summed E-state index contributed by atoms with van der Waals surface area (Å²) >= 11 is 0. The van der Waals surface area contributed by atoms with Crippen LogP contribution in [-0.4, -0.2) is 29.8 Å². The number of nitrogens with one attached hydrogen (secondary N) is 1. The van der Waals surface area contributed by atoms with Crippen molar-refractivity contribution in [1.82, 2.24) is 5.32 Å². The molecule has 0 aromatic carbocycles. The number of fused-ring (bicyclic) bond motifs is 7. The van der Waals surface area contributed by atoms with Gasteiger partial charge in [0.2, 0.25) is 0 Å². The van der Waals surface area contributed by atoms with E-state index in [4.69, 9.17) is 4.74 Å². The van der Waals surface area contributed by atoms with Gasteiger partial charge in [0, 0.05) is 22.3 Å². The van der Waals surface area contributed by atoms with Gasteiger partial charge in [0.25, 0.3) is 0 Å². The number of nitrogens with zero attached hydrogens (tertiary/aromatic N) is 1. The van der Waals surface area contributed by atoms with Crippen molar-refractivity contribution in [3.8, 4) is 6.07 Å². The second-order valence-corrected chi connectivity index (χ2v) is 15.4. The Balaban J connectivity index is 1.64. The number of hydrogen-bond donors (Lipinski definition) is 1. The molecule has 5 rings (SSSR count). The molecule has 5 aliphatic carbocycles. The van der Waals surface area contributed by atoms with Crippen LogP contribution in [0.3, 0.4) is 0 Å². The molecular weight excluding hydrogens is 500 g/mol. The maximum absolute atomic E-state index is 14.5. The molecule has 3 fully saturated rings. The number of allylic oxidation sites excluding steroid dienone is 4. The lowest BCUT2D eigenvalue weighted by molar-refractivity contribution is -0.160. The molecule has 0 aromatic heterocycles. The highest BCUT2D eigenvalue weighted by atomic mass is 16.5. The van der Waals surface area contributed by atoms with Crippen molar-refractivity contribution in [2.75, 3.05) is 6.61 Å². The van der Waals surface area contributed by atoms with Gasteiger partial charge in [-0.15, -0.1) is 0 Å². The fraction of sp³-hybridized carbons (Fsp3) is 0.706. The van der Waals surface area contributed by atoms with Gasteiger partial charge in [-0.25, -0.2) is 4.79 Å². The molecule has 0 aromatic rings. The molecule has 6 nitrogen and oxygen atoms in total. The number of nitriles is 1. The Morgan fingerprint density at radius 1 is 1.10 bits per heavy atom. The van der Waals surface area contributed by atoms with Gasteiger partial charge in [0.05, 0.1) is 5.57 Å². The first kappa shape index (κ1) is 28.8. The number of carbonyl (C=O) groups excluding carboxylic acids is 3. The average Bonchev–Trinajstić information content (AvgIpc) is 2.87. The number of rotatable bonds is 3. The number of ether oxygens (including phenoxy) is 1. The standard InChI is InChI=1S/C34H46N2O4/c1-9-16-40-28(39)36-34-14-12-29(2,3)19-22(34)26-23(37)17-25-31(6)18-21(20-35)27(38)30(4,5)24(31)10-11-32(25,7)33(26,8)13-15-34/h9,17-18,22,24,26H,1,10-16,19H2,2-8H3,(H,36,39)/t22?,24-,26?,31-,32+,33+,34-/m0/s1. The van der Waals surface area contributed by atoms with Gasteiger partial charge in [-0.05, 0) is 79.1 Å². The lowest BCUT2D eigenvalue weighted by Crippen LogP contribution is -2.69. The number of carbonyl (C=O) groups is 3. The smallest absolute Gasteiger partial charge is 0.407 e. The van der Waals surface area contributed by atoms with Crippen molar-refractivity contribution in [2.24, 2.45) is 44.8 Å². The first-order valence-electron chi connectivity index (χ1n) is 15.0. The van der Waals surface area contributed by atoms with Gasteiger partial charge >= 0.3 is 6.09 Å². The Kier molecular flexibility index (Phi) is 6.42. The first-order valence-corrected chi connectivity index (χ1v) is 15.0. The zero-order valence-electron chi connectivity index (χ0n) is 25.4. The summed E-state index contributed by atoms with van der Waals surface area (Å²) in [6, 6.07) is 2.18. The summed E-state index contributed by atoms with van der Waals surface area (Å²) < 4.78 is 5.38. The Labute approximate surface area is 239 Å². The molecule has 3 saturated carbocycles. The zero-order valence-corrected chi connectivity index (χ0v) is 25.4. The minimum absolute atomic E-state index is 0.00600. The van der Waals surface area contributed by atoms with Crippen LogP contribution < -0.4 is 5.32 Å². The Morgan fingerprint density at radius 3 is 2.42 bits per heavy atom. The third-order valence-corrected chi connectivity index (χ3v) is 12.5. The van der Waals surface area contributed by atoms with Gasteiger partial charge < -0.3 is 10.1 Å². The van der Waals surface area contributed by atoms with Crippen LogP contribution in [0.2, 0.25) is 0 Å². The molecule has 2 unspecified atom stereocenters. The minimum atomic E-state index is -0.678. The number of ketones is 2. The van der Waals surface area contributed by atoms with E-state index in [1.165, 1.54) is 0 Å². The lowest BCUT2D eigenvalue weighted by Gasteiger charge is -2.69. The quantitative estimate of drug-likeness (QED) is 0.390. The molecule has 0 aliphatic heterocycles. The second-order valence-electron chi connectivity index (χ2n) is 15.4. The van der Waals surface area contributed by atoms with Crippen LogP contribution in [0.15, 0.2) is 36.0 Å². The maximum Gasteiger partial charge on any atom is 0.407 e. The normalized spacial score (nSPS) is 42.9. The molecule has 216 valence electrons. The number of hydrogen-bond acceptors (Lipinski definition) is 5. The van der Waals surface area contributed by atoms with Crippen LogP contribution in [0.25, 0.3) is 0 Å². The monoisotopic (exact) mass is 546 g/mol. The molecule has 0 heterocycles. The predicted octanol–water partition coefficient (Wildman–Crippen LogP) is 6.87. The SMILES string of the molecule is C=CCOC(=O)N[C@]12CCC(C)(C)CC1C1C(=O)C=C3[C@@]4(C)C=C(C#N)C(=O)C(C)(C)[C@@H]4CC[C@@]3(C)[C@]1(C)CC2. The predicted molar refractivity (Wildman–Crippen MR) is 154 cm³/mol. The molecular formula is C34H46N2O4. The third-order valence-electron chi connectivity index (χ3n) is 12.5. The van der Waals surface area contributed by atoms with Crippen LogP contribution in [0, 0.1) is 56.2 Å². The molecule has 0 bridgehead atoms. The van der Waals surface area contributed by atoms with Crippen LogP contribution in [0.1, 0.15) is 93.4 Å². The van der Waals surface area contributed by atoms with Gasteiger partial charge in [-0.2, -0.15) is 5.26 Å². The van der Waals surface area contributed by atoms with Crippen LogP contribution in [0.5, 0.6) is 0 Å². The molecule has 1 N–H and O–H groups in total. The van der Waals surface area contributed by atoms with Gasteiger partial charge in [-0.3, -0.25) is 9.59 Å². The molecule has 40 heavy (non-hydrogen) atoms. The van der Waals surface area contributed by atoms with E-state index >= 15 is 0 Å². The fourth-order valence-electron chi connectivity index (χ4n) is 10.2. The fourth-order valence-corrected chi connectivity index (χ4v) is 10.2. The van der Waals surface area contributed by atoms with Crippen molar-refractivity contribution < 1.29 is 19.1 Å². The van der Waals surface area contributed by atoms with Gasteiger partial charge in [0.15, 0.2) is 11.6 Å². The summed E-state index contributed by atoms with van der Waals surface area (Å²) in [7, 11) is 0. The van der Waals surface area contributed by atoms with Crippen molar-refractivity contribution in [2.45, 2.75) is 99.0 Å². The largest absolute Gasteiger partial charge is 0.445 e. The van der Waals surface area contributed by atoms with Crippen LogP contribution in [0.4, 0.5) is 4.79 Å². The van der Waals surface area contributed by atoms with Gasteiger partial charge in [-0.1, -0.05) is 72.8 Å². The van der Waals surface area contributed by atoms with Crippen molar-refractivity contribution in [3.63, 3.8) is 0 Å². The molecule has 5 aliphatic rings. The molecule has 0 radical (unpaired) electrons. The Hall–Kier alpha value is -2.68. The average molecular weight is 547 g/mol. The van der Waals surface area contributed by atoms with Crippen LogP contribution in [-0.2, 0) is 14.3 Å². The molecule has 0 saturated heterocycles. The maximum atomic E-state index is 14.5. The van der Waals surface area contributed by atoms with Gasteiger partial charge in [0.1, 0.15) is 12.7 Å². The number of alkyl carbamates (subject to hydrolysis) is 1. The van der Waals surface area contributed by atoms with E-state index in [0.29, 0.717) is 0 Å². The number of amides is 1. The highest BCUT2D eigenvalue weighted by Gasteiger charge is 2.70. The topological polar surface area (TPSA) is 96.3 Å². The third kappa shape index (κ3) is 3.75. The molecule has 6 heteroatoms. The van der Waals surface area contributed by atoms with Crippen molar-refractivity contribution >= 4 is 17.7 Å². The second kappa shape index (κ2) is 8.91. The molecule has 1 amide bonds. The Morgan fingerprint density at radius 2 is 1.77 bits per heavy atom. The summed E-state index contributed by atoms with van der Waals surface area (Å²) in [6.45, 7) is 19.1. The summed E-state index contributed by atoms with van der Waals surface area (Å²) in [5, 5.41) is 13.2. The van der Waals surface area contributed by atoms with E-state index < -0.39 is 22.5 Å². The lowest BCUT2D eigenvalue weighted by atomic mass is 9.35. The Bertz CT molecular complexity index is 1280. The van der Waals surface area contributed by atoms with E-state index in [1.807, 2.05) is 26.0 Å². The van der Waals surface area contributed by atoms with E-state index in [2.05, 4.69) is 52.6 Å². The summed E-state index contributed by atoms with van der Waals surface area (Å²) in [6.07, 6.45) is 11.0. The van der Waals surface area contributed by atoms with E-state index in [1.54, 1.807) is 6.08 Å². The summed E-state index contributed by atoms with van der Waals surface area (Å²) in [5.41, 5.74) is -0.934. The first-order chi connectivity index (χ1) is 18.5.